The van der Waals surface area contributed by atoms with Gasteiger partial charge in [-0.3, -0.25) is 9.59 Å². The second kappa shape index (κ2) is 13.6. The molecule has 4 rings (SSSR count). The molecule has 0 N–H and O–H groups in total. The maximum atomic E-state index is 12.1. The van der Waals surface area contributed by atoms with Crippen LogP contribution in [0.1, 0.15) is 42.4 Å². The lowest BCUT2D eigenvalue weighted by atomic mass is 9.80. The Morgan fingerprint density at radius 2 is 1.27 bits per heavy atom. The van der Waals surface area contributed by atoms with Crippen molar-refractivity contribution in [1.82, 2.24) is 5.06 Å². The van der Waals surface area contributed by atoms with Crippen LogP contribution in [0.2, 0.25) is 0 Å². The molecule has 3 aromatic carbocycles. The van der Waals surface area contributed by atoms with Gasteiger partial charge in [-0.2, -0.15) is 0 Å². The highest BCUT2D eigenvalue weighted by atomic mass is 16.7. The second-order valence-electron chi connectivity index (χ2n) is 9.28. The molecule has 1 aliphatic heterocycles. The Morgan fingerprint density at radius 3 is 1.78 bits per heavy atom. The Morgan fingerprint density at radius 1 is 0.756 bits per heavy atom. The average Bonchev–Trinajstić information content (AvgIpc) is 3.33. The van der Waals surface area contributed by atoms with Crippen LogP contribution in [0, 0.1) is 0 Å². The Balaban J connectivity index is 1.47. The maximum Gasteiger partial charge on any atom is 0.333 e. The van der Waals surface area contributed by atoms with Crippen molar-refractivity contribution in [1.29, 1.82) is 0 Å². The summed E-state index contributed by atoms with van der Waals surface area (Å²) in [4.78, 5) is 40.3. The molecule has 0 saturated carbocycles. The summed E-state index contributed by atoms with van der Waals surface area (Å²) >= 11 is 0. The van der Waals surface area contributed by atoms with E-state index in [-0.39, 0.29) is 38.9 Å². The minimum Gasteiger partial charge on any atom is -0.497 e. The number of methoxy groups -OCH3 is 2. The zero-order valence-electron chi connectivity index (χ0n) is 23.2. The van der Waals surface area contributed by atoms with Gasteiger partial charge in [0.2, 0.25) is 0 Å². The summed E-state index contributed by atoms with van der Waals surface area (Å²) in [6.45, 7) is 4.23. The molecule has 1 heterocycles. The zero-order chi connectivity index (χ0) is 29.2. The first-order valence-corrected chi connectivity index (χ1v) is 13.2. The van der Waals surface area contributed by atoms with Crippen LogP contribution in [0.25, 0.3) is 0 Å². The van der Waals surface area contributed by atoms with Gasteiger partial charge in [0.15, 0.2) is 0 Å². The van der Waals surface area contributed by atoms with E-state index in [4.69, 9.17) is 23.8 Å². The predicted molar refractivity (Wildman–Crippen MR) is 150 cm³/mol. The van der Waals surface area contributed by atoms with Crippen molar-refractivity contribution in [3.05, 3.63) is 108 Å². The molecule has 0 radical (unpaired) electrons. The van der Waals surface area contributed by atoms with Gasteiger partial charge in [-0.1, -0.05) is 61.2 Å². The van der Waals surface area contributed by atoms with Gasteiger partial charge in [-0.25, -0.2) is 4.79 Å². The van der Waals surface area contributed by atoms with E-state index in [0.717, 1.165) is 28.2 Å². The first-order valence-electron chi connectivity index (χ1n) is 13.2. The fourth-order valence-corrected chi connectivity index (χ4v) is 4.57. The molecule has 214 valence electrons. The third-order valence-electron chi connectivity index (χ3n) is 6.69. The molecular weight excluding hydrogens is 526 g/mol. The molecule has 41 heavy (non-hydrogen) atoms. The minimum absolute atomic E-state index is 0.0411. The van der Waals surface area contributed by atoms with Gasteiger partial charge in [0.1, 0.15) is 23.7 Å². The molecule has 2 amide bonds. The second-order valence-corrected chi connectivity index (χ2v) is 9.28. The lowest BCUT2D eigenvalue weighted by Gasteiger charge is -2.36. The third kappa shape index (κ3) is 6.93. The van der Waals surface area contributed by atoms with Crippen molar-refractivity contribution in [3.8, 4) is 11.5 Å². The quantitative estimate of drug-likeness (QED) is 0.119. The van der Waals surface area contributed by atoms with Crippen LogP contribution in [0.5, 0.6) is 11.5 Å². The number of imide groups is 1. The van der Waals surface area contributed by atoms with Crippen LogP contribution in [0.3, 0.4) is 0 Å². The Labute approximate surface area is 239 Å². The Hall–Kier alpha value is -4.63. The normalized spacial score (nSPS) is 13.2. The number of hydrogen-bond acceptors (Lipinski definition) is 8. The standard InChI is InChI=1S/C32H33NO8/c1-23(9-20-31(36)41-33-29(34)18-19-30(33)35)39-21-22-40-32(24-7-5-4-6-8-24,25-10-14-27(37-2)15-11-25)26-12-16-28(38-3)17-13-26/h4-8,10-17H,1,9,18-22H2,2-3H3. The van der Waals surface area contributed by atoms with Gasteiger partial charge in [-0.05, 0) is 41.0 Å². The average molecular weight is 560 g/mol. The van der Waals surface area contributed by atoms with Gasteiger partial charge < -0.3 is 23.8 Å². The molecule has 0 spiro atoms. The summed E-state index contributed by atoms with van der Waals surface area (Å²) < 4.78 is 23.2. The van der Waals surface area contributed by atoms with E-state index < -0.39 is 23.4 Å². The molecule has 0 atom stereocenters. The fourth-order valence-electron chi connectivity index (χ4n) is 4.57. The molecule has 3 aromatic rings. The highest BCUT2D eigenvalue weighted by molar-refractivity contribution is 6.01. The van der Waals surface area contributed by atoms with Crippen molar-refractivity contribution in [2.24, 2.45) is 0 Å². The molecule has 0 unspecified atom stereocenters. The van der Waals surface area contributed by atoms with Crippen molar-refractivity contribution in [3.63, 3.8) is 0 Å². The van der Waals surface area contributed by atoms with Gasteiger partial charge >= 0.3 is 5.97 Å². The first kappa shape index (κ1) is 29.4. The molecular formula is C32H33NO8. The SMILES string of the molecule is C=C(CCC(=O)ON1C(=O)CCC1=O)OCCOC(c1ccccc1)(c1ccc(OC)cc1)c1ccc(OC)cc1. The number of allylic oxidation sites excluding steroid dienone is 1. The van der Waals surface area contributed by atoms with Gasteiger partial charge in [0, 0.05) is 19.3 Å². The van der Waals surface area contributed by atoms with Crippen LogP contribution in [-0.4, -0.2) is 50.3 Å². The van der Waals surface area contributed by atoms with Crippen LogP contribution in [0.4, 0.5) is 0 Å². The molecule has 9 heteroatoms. The predicted octanol–water partition coefficient (Wildman–Crippen LogP) is 4.93. The summed E-state index contributed by atoms with van der Waals surface area (Å²) in [5.74, 6) is 0.0436. The summed E-state index contributed by atoms with van der Waals surface area (Å²) in [5, 5.41) is 0.529. The lowest BCUT2D eigenvalue weighted by Crippen LogP contribution is -2.34. The first-order chi connectivity index (χ1) is 19.9. The largest absolute Gasteiger partial charge is 0.497 e. The number of hydrogen-bond donors (Lipinski definition) is 0. The van der Waals surface area contributed by atoms with E-state index in [1.807, 2.05) is 78.9 Å². The third-order valence-corrected chi connectivity index (χ3v) is 6.69. The van der Waals surface area contributed by atoms with Crippen molar-refractivity contribution in [2.75, 3.05) is 27.4 Å². The van der Waals surface area contributed by atoms with E-state index in [2.05, 4.69) is 6.58 Å². The minimum atomic E-state index is -0.983. The number of amides is 2. The molecule has 0 bridgehead atoms. The number of carbonyl (C=O) groups is 3. The number of carbonyl (C=O) groups excluding carboxylic acids is 3. The van der Waals surface area contributed by atoms with E-state index in [0.29, 0.717) is 10.8 Å². The molecule has 1 fully saturated rings. The van der Waals surface area contributed by atoms with Crippen LogP contribution in [-0.2, 0) is 34.3 Å². The summed E-state index contributed by atoms with van der Waals surface area (Å²) in [5.41, 5.74) is 1.72. The Bertz CT molecular complexity index is 1290. The topological polar surface area (TPSA) is 101 Å². The number of rotatable bonds is 14. The molecule has 1 aliphatic rings. The van der Waals surface area contributed by atoms with Crippen LogP contribution < -0.4 is 9.47 Å². The summed E-state index contributed by atoms with van der Waals surface area (Å²) in [7, 11) is 3.24. The monoisotopic (exact) mass is 559 g/mol. The highest BCUT2D eigenvalue weighted by Gasteiger charge is 2.38. The smallest absolute Gasteiger partial charge is 0.333 e. The van der Waals surface area contributed by atoms with E-state index >= 15 is 0 Å². The maximum absolute atomic E-state index is 12.1. The molecule has 1 saturated heterocycles. The van der Waals surface area contributed by atoms with Gasteiger partial charge in [-0.15, -0.1) is 5.06 Å². The number of nitrogens with zero attached hydrogens (tertiary/aromatic N) is 1. The van der Waals surface area contributed by atoms with Crippen molar-refractivity contribution >= 4 is 17.8 Å². The summed E-state index contributed by atoms with van der Waals surface area (Å²) in [6, 6.07) is 25.3. The highest BCUT2D eigenvalue weighted by Crippen LogP contribution is 2.41. The zero-order valence-corrected chi connectivity index (χ0v) is 23.2. The number of hydroxylamine groups is 2. The van der Waals surface area contributed by atoms with Crippen LogP contribution >= 0.6 is 0 Å². The lowest BCUT2D eigenvalue weighted by molar-refractivity contribution is -0.197. The van der Waals surface area contributed by atoms with E-state index in [1.54, 1.807) is 14.2 Å². The fraction of sp³-hybridized carbons (Fsp3) is 0.281. The van der Waals surface area contributed by atoms with Gasteiger partial charge in [0.05, 0.1) is 33.0 Å². The Kier molecular flexibility index (Phi) is 9.76. The number of benzene rings is 3. The number of ether oxygens (including phenoxy) is 4. The van der Waals surface area contributed by atoms with Crippen molar-refractivity contribution < 1.29 is 38.2 Å². The van der Waals surface area contributed by atoms with E-state index in [1.165, 1.54) is 0 Å². The summed E-state index contributed by atoms with van der Waals surface area (Å²) in [6.07, 6.45) is 0.150. The molecule has 0 aromatic heterocycles. The molecule has 0 aliphatic carbocycles. The van der Waals surface area contributed by atoms with E-state index in [9.17, 15) is 14.4 Å². The van der Waals surface area contributed by atoms with Crippen LogP contribution in [0.15, 0.2) is 91.2 Å². The van der Waals surface area contributed by atoms with Gasteiger partial charge in [0.25, 0.3) is 11.8 Å². The van der Waals surface area contributed by atoms with Crippen molar-refractivity contribution in [2.45, 2.75) is 31.3 Å². The molecule has 9 nitrogen and oxygen atoms in total.